The number of halogens is 1. The summed E-state index contributed by atoms with van der Waals surface area (Å²) < 4.78 is 16.2. The minimum Gasteiger partial charge on any atom is -0.469 e. The highest BCUT2D eigenvalue weighted by Gasteiger charge is 2.16. The van der Waals surface area contributed by atoms with Crippen molar-refractivity contribution in [2.45, 2.75) is 39.2 Å². The van der Waals surface area contributed by atoms with Crippen LogP contribution in [0.15, 0.2) is 38.4 Å². The lowest BCUT2D eigenvalue weighted by Gasteiger charge is -2.14. The summed E-state index contributed by atoms with van der Waals surface area (Å²) in [7, 11) is 0. The highest BCUT2D eigenvalue weighted by atomic mass is 127. The smallest absolute Gasteiger partial charge is 0.191 e. The number of aliphatic imine (C=N–C) groups is 1. The van der Waals surface area contributed by atoms with Crippen LogP contribution in [0, 0.1) is 5.92 Å². The van der Waals surface area contributed by atoms with Gasteiger partial charge in [-0.1, -0.05) is 19.0 Å². The van der Waals surface area contributed by atoms with Crippen molar-refractivity contribution in [2.24, 2.45) is 10.9 Å². The quantitative estimate of drug-likeness (QED) is 0.337. The second-order valence-electron chi connectivity index (χ2n) is 6.90. The molecule has 1 fully saturated rings. The lowest BCUT2D eigenvalue weighted by atomic mass is 10.1. The molecule has 2 N–H and O–H groups in total. The van der Waals surface area contributed by atoms with E-state index in [1.807, 2.05) is 18.2 Å². The van der Waals surface area contributed by atoms with Gasteiger partial charge < -0.3 is 24.3 Å². The Hall–Kier alpha value is -1.55. The van der Waals surface area contributed by atoms with E-state index in [1.54, 1.807) is 6.26 Å². The number of nitrogens with zero attached hydrogens (tertiary/aromatic N) is 2. The molecule has 7 nitrogen and oxygen atoms in total. The van der Waals surface area contributed by atoms with E-state index < -0.39 is 0 Å². The summed E-state index contributed by atoms with van der Waals surface area (Å²) in [6, 6.07) is 5.85. The molecule has 150 valence electrons. The van der Waals surface area contributed by atoms with E-state index in [2.05, 4.69) is 34.6 Å². The average Bonchev–Trinajstić information content (AvgIpc) is 3.39. The molecule has 2 aromatic rings. The number of hydrogen-bond donors (Lipinski definition) is 2. The van der Waals surface area contributed by atoms with E-state index in [0.717, 1.165) is 62.3 Å². The molecule has 0 bridgehead atoms. The van der Waals surface area contributed by atoms with Crippen LogP contribution in [0.4, 0.5) is 0 Å². The van der Waals surface area contributed by atoms with E-state index >= 15 is 0 Å². The van der Waals surface area contributed by atoms with E-state index in [-0.39, 0.29) is 24.0 Å². The summed E-state index contributed by atoms with van der Waals surface area (Å²) in [5.74, 6) is 3.38. The van der Waals surface area contributed by atoms with E-state index in [9.17, 15) is 0 Å². The zero-order valence-electron chi connectivity index (χ0n) is 15.9. The van der Waals surface area contributed by atoms with Gasteiger partial charge in [-0.15, -0.1) is 24.0 Å². The fourth-order valence-electron chi connectivity index (χ4n) is 2.75. The first-order valence-corrected chi connectivity index (χ1v) is 9.28. The van der Waals surface area contributed by atoms with Gasteiger partial charge in [-0.05, 0) is 24.5 Å². The Balaban J connectivity index is 0.00000261. The van der Waals surface area contributed by atoms with Crippen LogP contribution in [0.5, 0.6) is 0 Å². The van der Waals surface area contributed by atoms with Crippen molar-refractivity contribution in [1.29, 1.82) is 0 Å². The van der Waals surface area contributed by atoms with Crippen LogP contribution in [-0.4, -0.2) is 37.4 Å². The fourth-order valence-corrected chi connectivity index (χ4v) is 2.75. The Labute approximate surface area is 177 Å². The number of hydrogen-bond acceptors (Lipinski definition) is 5. The molecule has 0 amide bonds. The van der Waals surface area contributed by atoms with Gasteiger partial charge in [-0.2, -0.15) is 0 Å². The lowest BCUT2D eigenvalue weighted by molar-refractivity contribution is 0.186. The first kappa shape index (κ1) is 21.7. The fraction of sp³-hybridized carbons (Fsp3) is 0.579. The molecule has 8 heteroatoms. The highest BCUT2D eigenvalue weighted by Crippen LogP contribution is 2.14. The molecule has 27 heavy (non-hydrogen) atoms. The van der Waals surface area contributed by atoms with Crippen molar-refractivity contribution < 1.29 is 13.7 Å². The van der Waals surface area contributed by atoms with Gasteiger partial charge in [-0.25, -0.2) is 4.99 Å². The van der Waals surface area contributed by atoms with Crippen molar-refractivity contribution in [1.82, 2.24) is 15.8 Å². The van der Waals surface area contributed by atoms with Crippen LogP contribution in [0.3, 0.4) is 0 Å². The Morgan fingerprint density at radius 3 is 2.89 bits per heavy atom. The van der Waals surface area contributed by atoms with Gasteiger partial charge in [0.15, 0.2) is 11.7 Å². The Morgan fingerprint density at radius 2 is 2.22 bits per heavy atom. The van der Waals surface area contributed by atoms with Gasteiger partial charge in [0.2, 0.25) is 0 Å². The van der Waals surface area contributed by atoms with Gasteiger partial charge in [0.05, 0.1) is 18.6 Å². The summed E-state index contributed by atoms with van der Waals surface area (Å²) >= 11 is 0. The van der Waals surface area contributed by atoms with Gasteiger partial charge in [0.25, 0.3) is 0 Å². The van der Waals surface area contributed by atoms with E-state index in [1.165, 1.54) is 0 Å². The maximum atomic E-state index is 5.44. The largest absolute Gasteiger partial charge is 0.469 e. The van der Waals surface area contributed by atoms with Crippen molar-refractivity contribution in [2.75, 3.05) is 26.3 Å². The Kier molecular flexibility index (Phi) is 9.12. The number of ether oxygens (including phenoxy) is 1. The normalized spacial score (nSPS) is 17.1. The summed E-state index contributed by atoms with van der Waals surface area (Å²) in [6.07, 6.45) is 3.59. The van der Waals surface area contributed by atoms with Crippen molar-refractivity contribution in [3.05, 3.63) is 41.7 Å². The summed E-state index contributed by atoms with van der Waals surface area (Å²) in [5, 5.41) is 10.9. The highest BCUT2D eigenvalue weighted by molar-refractivity contribution is 14.0. The molecular weight excluding hydrogens is 459 g/mol. The molecule has 1 atom stereocenters. The molecule has 0 saturated carbocycles. The molecule has 2 aromatic heterocycles. The van der Waals surface area contributed by atoms with Crippen molar-refractivity contribution in [3.8, 4) is 0 Å². The number of furan rings is 1. The first-order valence-electron chi connectivity index (χ1n) is 9.28. The molecule has 0 aromatic carbocycles. The number of rotatable bonds is 8. The third-order valence-electron chi connectivity index (χ3n) is 4.39. The van der Waals surface area contributed by atoms with Crippen LogP contribution in [-0.2, 0) is 17.7 Å². The number of nitrogens with one attached hydrogen (secondary N) is 2. The molecule has 3 heterocycles. The second kappa shape index (κ2) is 11.3. The summed E-state index contributed by atoms with van der Waals surface area (Å²) in [4.78, 5) is 4.64. The van der Waals surface area contributed by atoms with Crippen molar-refractivity contribution in [3.63, 3.8) is 0 Å². The molecule has 0 aliphatic carbocycles. The predicted octanol–water partition coefficient (Wildman–Crippen LogP) is 3.32. The molecule has 0 radical (unpaired) electrons. The minimum absolute atomic E-state index is 0. The van der Waals surface area contributed by atoms with Crippen LogP contribution < -0.4 is 10.6 Å². The van der Waals surface area contributed by atoms with Crippen LogP contribution in [0.2, 0.25) is 0 Å². The lowest BCUT2D eigenvalue weighted by Crippen LogP contribution is -2.40. The first-order chi connectivity index (χ1) is 12.7. The number of guanidine groups is 1. The zero-order chi connectivity index (χ0) is 18.2. The maximum absolute atomic E-state index is 5.44. The third kappa shape index (κ3) is 7.17. The van der Waals surface area contributed by atoms with Crippen LogP contribution >= 0.6 is 24.0 Å². The SMILES string of the molecule is CC(C)c1cc(CN=C(NCCc2ccco2)NCC2CCOC2)on1.I. The van der Waals surface area contributed by atoms with Crippen LogP contribution in [0.25, 0.3) is 0 Å². The minimum atomic E-state index is 0. The summed E-state index contributed by atoms with van der Waals surface area (Å²) in [5.41, 5.74) is 0.957. The van der Waals surface area contributed by atoms with E-state index in [0.29, 0.717) is 18.4 Å². The molecule has 0 spiro atoms. The molecule has 1 saturated heterocycles. The topological polar surface area (TPSA) is 84.8 Å². The standard InChI is InChI=1S/C19H28N4O3.HI/c1-14(2)18-10-17(26-23-18)12-22-19(21-11-15-6-9-24-13-15)20-7-5-16-4-3-8-25-16;/h3-4,8,10,14-15H,5-7,9,11-13H2,1-2H3,(H2,20,21,22);1H. The van der Waals surface area contributed by atoms with Crippen LogP contribution in [0.1, 0.15) is 43.4 Å². The molecule has 3 rings (SSSR count). The Bertz CT molecular complexity index is 679. The van der Waals surface area contributed by atoms with E-state index in [4.69, 9.17) is 13.7 Å². The number of aromatic nitrogens is 1. The predicted molar refractivity (Wildman–Crippen MR) is 114 cm³/mol. The van der Waals surface area contributed by atoms with Crippen molar-refractivity contribution >= 4 is 29.9 Å². The van der Waals surface area contributed by atoms with Gasteiger partial charge in [0, 0.05) is 38.1 Å². The Morgan fingerprint density at radius 1 is 1.33 bits per heavy atom. The molecule has 1 aliphatic heterocycles. The molecule has 1 aliphatic rings. The van der Waals surface area contributed by atoms with Gasteiger partial charge in [0.1, 0.15) is 12.3 Å². The van der Waals surface area contributed by atoms with Gasteiger partial charge in [-0.3, -0.25) is 0 Å². The monoisotopic (exact) mass is 488 g/mol. The molecule has 1 unspecified atom stereocenters. The second-order valence-corrected chi connectivity index (χ2v) is 6.90. The third-order valence-corrected chi connectivity index (χ3v) is 4.39. The maximum Gasteiger partial charge on any atom is 0.191 e. The summed E-state index contributed by atoms with van der Waals surface area (Å²) in [6.45, 7) is 7.90. The molecular formula is C19H29IN4O3. The van der Waals surface area contributed by atoms with Gasteiger partial charge >= 0.3 is 0 Å². The average molecular weight is 488 g/mol. The zero-order valence-corrected chi connectivity index (χ0v) is 18.3.